The number of guanidine groups is 1. The summed E-state index contributed by atoms with van der Waals surface area (Å²) in [5, 5.41) is 0. The maximum atomic E-state index is 6.16. The summed E-state index contributed by atoms with van der Waals surface area (Å²) in [5.41, 5.74) is 7.79. The summed E-state index contributed by atoms with van der Waals surface area (Å²) in [6.07, 6.45) is 6.26. The zero-order chi connectivity index (χ0) is 14.0. The Balaban J connectivity index is 1.68. The molecule has 3 rings (SSSR count). The Hall–Kier alpha value is -1.03. The fraction of sp³-hybridized carbons (Fsp3) is 0.562. The first kappa shape index (κ1) is 13.9. The van der Waals surface area contributed by atoms with Crippen molar-refractivity contribution in [2.75, 3.05) is 19.6 Å². The lowest BCUT2D eigenvalue weighted by Crippen LogP contribution is -2.41. The van der Waals surface area contributed by atoms with Crippen molar-refractivity contribution in [2.45, 2.75) is 37.5 Å². The number of hydrogen-bond acceptors (Lipinski definition) is 1. The fourth-order valence-corrected chi connectivity index (χ4v) is 3.36. The van der Waals surface area contributed by atoms with Gasteiger partial charge in [0, 0.05) is 23.0 Å². The molecule has 20 heavy (non-hydrogen) atoms. The van der Waals surface area contributed by atoms with E-state index in [-0.39, 0.29) is 5.41 Å². The van der Waals surface area contributed by atoms with Crippen LogP contribution in [0.2, 0.25) is 0 Å². The highest BCUT2D eigenvalue weighted by Gasteiger charge is 2.44. The Labute approximate surface area is 129 Å². The maximum absolute atomic E-state index is 6.16. The second-order valence-electron chi connectivity index (χ2n) is 6.01. The molecule has 1 aromatic rings. The van der Waals surface area contributed by atoms with E-state index in [1.165, 1.54) is 37.7 Å². The summed E-state index contributed by atoms with van der Waals surface area (Å²) in [6, 6.07) is 8.62. The fourth-order valence-electron chi connectivity index (χ4n) is 2.96. The highest BCUT2D eigenvalue weighted by Crippen LogP contribution is 2.48. The minimum absolute atomic E-state index is 0.240. The molecule has 0 bridgehead atoms. The minimum atomic E-state index is 0.240. The normalized spacial score (nSPS) is 21.9. The first-order valence-corrected chi connectivity index (χ1v) is 8.30. The largest absolute Gasteiger partial charge is 0.370 e. The third-order valence-electron chi connectivity index (χ3n) is 4.51. The van der Waals surface area contributed by atoms with Gasteiger partial charge in [-0.2, -0.15) is 0 Å². The second kappa shape index (κ2) is 5.76. The first-order chi connectivity index (χ1) is 9.70. The molecule has 1 aliphatic heterocycles. The molecule has 108 valence electrons. The molecule has 1 aromatic carbocycles. The molecule has 0 amide bonds. The van der Waals surface area contributed by atoms with E-state index >= 15 is 0 Å². The molecule has 2 N–H and O–H groups in total. The van der Waals surface area contributed by atoms with Gasteiger partial charge in [0.05, 0.1) is 6.54 Å². The molecule has 4 heteroatoms. The lowest BCUT2D eigenvalue weighted by atomic mass is 9.96. The van der Waals surface area contributed by atoms with Crippen LogP contribution < -0.4 is 5.73 Å². The standard InChI is InChI=1S/C16H22BrN3/c17-14-6-4-5-13(11-14)16(7-8-16)12-19-15(18)20-9-2-1-3-10-20/h4-6,11H,1-3,7-10,12H2,(H2,18,19). The van der Waals surface area contributed by atoms with Gasteiger partial charge in [-0.25, -0.2) is 0 Å². The van der Waals surface area contributed by atoms with Gasteiger partial charge in [0.1, 0.15) is 0 Å². The third kappa shape index (κ3) is 3.00. The van der Waals surface area contributed by atoms with Crippen molar-refractivity contribution < 1.29 is 0 Å². The van der Waals surface area contributed by atoms with E-state index in [4.69, 9.17) is 10.7 Å². The Morgan fingerprint density at radius 2 is 2.00 bits per heavy atom. The van der Waals surface area contributed by atoms with E-state index in [1.807, 2.05) is 0 Å². The number of nitrogens with zero attached hydrogens (tertiary/aromatic N) is 2. The minimum Gasteiger partial charge on any atom is -0.370 e. The molecule has 1 saturated carbocycles. The molecule has 1 aliphatic carbocycles. The molecular weight excluding hydrogens is 314 g/mol. The summed E-state index contributed by atoms with van der Waals surface area (Å²) >= 11 is 3.56. The van der Waals surface area contributed by atoms with Crippen molar-refractivity contribution in [3.8, 4) is 0 Å². The van der Waals surface area contributed by atoms with E-state index in [1.54, 1.807) is 0 Å². The SMILES string of the molecule is NC(=NCC1(c2cccc(Br)c2)CC1)N1CCCCC1. The maximum Gasteiger partial charge on any atom is 0.191 e. The van der Waals surface area contributed by atoms with E-state index in [9.17, 15) is 0 Å². The van der Waals surface area contributed by atoms with E-state index in [2.05, 4.69) is 45.1 Å². The molecule has 1 saturated heterocycles. The van der Waals surface area contributed by atoms with Crippen molar-refractivity contribution >= 4 is 21.9 Å². The summed E-state index contributed by atoms with van der Waals surface area (Å²) in [5.74, 6) is 0.742. The first-order valence-electron chi connectivity index (χ1n) is 7.51. The van der Waals surface area contributed by atoms with Gasteiger partial charge in [-0.1, -0.05) is 28.1 Å². The predicted octanol–water partition coefficient (Wildman–Crippen LogP) is 3.28. The Kier molecular flexibility index (Phi) is 4.01. The number of rotatable bonds is 3. The average molecular weight is 336 g/mol. The molecule has 0 unspecified atom stereocenters. The summed E-state index contributed by atoms with van der Waals surface area (Å²) in [7, 11) is 0. The summed E-state index contributed by atoms with van der Waals surface area (Å²) in [6.45, 7) is 2.96. The average Bonchev–Trinajstić information content (AvgIpc) is 3.27. The highest BCUT2D eigenvalue weighted by molar-refractivity contribution is 9.10. The van der Waals surface area contributed by atoms with Gasteiger partial charge in [0.15, 0.2) is 5.96 Å². The Morgan fingerprint density at radius 3 is 2.65 bits per heavy atom. The molecule has 2 fully saturated rings. The number of likely N-dealkylation sites (tertiary alicyclic amines) is 1. The van der Waals surface area contributed by atoms with Crippen LogP contribution in [0.25, 0.3) is 0 Å². The molecule has 0 radical (unpaired) electrons. The monoisotopic (exact) mass is 335 g/mol. The summed E-state index contributed by atoms with van der Waals surface area (Å²) in [4.78, 5) is 6.93. The van der Waals surface area contributed by atoms with Gasteiger partial charge in [-0.15, -0.1) is 0 Å². The van der Waals surface area contributed by atoms with E-state index in [0.717, 1.165) is 30.1 Å². The Bertz CT molecular complexity index is 502. The summed E-state index contributed by atoms with van der Waals surface area (Å²) < 4.78 is 1.15. The zero-order valence-electron chi connectivity index (χ0n) is 11.8. The molecule has 1 heterocycles. The molecule has 0 aromatic heterocycles. The Morgan fingerprint density at radius 1 is 1.25 bits per heavy atom. The van der Waals surface area contributed by atoms with Crippen molar-refractivity contribution in [3.63, 3.8) is 0 Å². The quantitative estimate of drug-likeness (QED) is 0.680. The van der Waals surface area contributed by atoms with Crippen LogP contribution in [0.5, 0.6) is 0 Å². The highest BCUT2D eigenvalue weighted by atomic mass is 79.9. The van der Waals surface area contributed by atoms with Gasteiger partial charge in [0.2, 0.25) is 0 Å². The van der Waals surface area contributed by atoms with Crippen molar-refractivity contribution in [2.24, 2.45) is 10.7 Å². The van der Waals surface area contributed by atoms with E-state index in [0.29, 0.717) is 0 Å². The van der Waals surface area contributed by atoms with Gasteiger partial charge in [-0.05, 0) is 49.8 Å². The lowest BCUT2D eigenvalue weighted by molar-refractivity contribution is 0.337. The van der Waals surface area contributed by atoms with Crippen molar-refractivity contribution in [3.05, 3.63) is 34.3 Å². The van der Waals surface area contributed by atoms with Crippen LogP contribution in [-0.4, -0.2) is 30.5 Å². The number of nitrogens with two attached hydrogens (primary N) is 1. The lowest BCUT2D eigenvalue weighted by Gasteiger charge is -2.28. The van der Waals surface area contributed by atoms with Crippen LogP contribution in [-0.2, 0) is 5.41 Å². The third-order valence-corrected chi connectivity index (χ3v) is 5.01. The number of piperidine rings is 1. The number of hydrogen-bond donors (Lipinski definition) is 1. The van der Waals surface area contributed by atoms with Crippen molar-refractivity contribution in [1.29, 1.82) is 0 Å². The predicted molar refractivity (Wildman–Crippen MR) is 87.0 cm³/mol. The number of halogens is 1. The van der Waals surface area contributed by atoms with Crippen LogP contribution in [0.4, 0.5) is 0 Å². The second-order valence-corrected chi connectivity index (χ2v) is 6.93. The number of aliphatic imine (C=N–C) groups is 1. The van der Waals surface area contributed by atoms with Gasteiger partial charge in [0.25, 0.3) is 0 Å². The van der Waals surface area contributed by atoms with Crippen LogP contribution in [0.1, 0.15) is 37.7 Å². The van der Waals surface area contributed by atoms with Gasteiger partial charge < -0.3 is 10.6 Å². The molecule has 2 aliphatic rings. The zero-order valence-corrected chi connectivity index (χ0v) is 13.4. The van der Waals surface area contributed by atoms with Gasteiger partial charge in [-0.3, -0.25) is 4.99 Å². The topological polar surface area (TPSA) is 41.6 Å². The molecule has 0 atom stereocenters. The molecular formula is C16H22BrN3. The smallest absolute Gasteiger partial charge is 0.191 e. The van der Waals surface area contributed by atoms with Crippen LogP contribution in [0.3, 0.4) is 0 Å². The van der Waals surface area contributed by atoms with Crippen LogP contribution in [0, 0.1) is 0 Å². The number of benzene rings is 1. The van der Waals surface area contributed by atoms with Gasteiger partial charge >= 0.3 is 0 Å². The van der Waals surface area contributed by atoms with Crippen LogP contribution >= 0.6 is 15.9 Å². The van der Waals surface area contributed by atoms with E-state index < -0.39 is 0 Å². The van der Waals surface area contributed by atoms with Crippen LogP contribution in [0.15, 0.2) is 33.7 Å². The molecule has 3 nitrogen and oxygen atoms in total. The van der Waals surface area contributed by atoms with Crippen molar-refractivity contribution in [1.82, 2.24) is 4.90 Å². The molecule has 0 spiro atoms.